The van der Waals surface area contributed by atoms with E-state index < -0.39 is 23.5 Å². The Morgan fingerprint density at radius 2 is 1.70 bits per heavy atom. The molecule has 1 atom stereocenters. The molecular formula is C14H8ClNO3S. The number of hydrogen-bond donors (Lipinski definition) is 1. The van der Waals surface area contributed by atoms with Crippen LogP contribution >= 0.6 is 22.9 Å². The van der Waals surface area contributed by atoms with Crippen molar-refractivity contribution >= 4 is 40.5 Å². The number of thiophene rings is 1. The molecule has 0 saturated carbocycles. The summed E-state index contributed by atoms with van der Waals surface area (Å²) in [7, 11) is 0. The van der Waals surface area contributed by atoms with Gasteiger partial charge in [-0.25, -0.2) is 0 Å². The van der Waals surface area contributed by atoms with Gasteiger partial charge in [0.25, 0.3) is 5.91 Å². The fourth-order valence-electron chi connectivity index (χ4n) is 2.03. The highest BCUT2D eigenvalue weighted by atomic mass is 35.5. The first-order chi connectivity index (χ1) is 9.56. The van der Waals surface area contributed by atoms with Gasteiger partial charge in [-0.3, -0.25) is 19.7 Å². The van der Waals surface area contributed by atoms with E-state index in [-0.39, 0.29) is 0 Å². The molecule has 0 aliphatic carbocycles. The van der Waals surface area contributed by atoms with Crippen molar-refractivity contribution in [2.24, 2.45) is 0 Å². The lowest BCUT2D eigenvalue weighted by atomic mass is 10.1. The van der Waals surface area contributed by atoms with Gasteiger partial charge >= 0.3 is 0 Å². The van der Waals surface area contributed by atoms with Crippen LogP contribution in [0.25, 0.3) is 10.4 Å². The summed E-state index contributed by atoms with van der Waals surface area (Å²) in [6.07, 6.45) is 0. The summed E-state index contributed by atoms with van der Waals surface area (Å²) in [4.78, 5) is 36.0. The van der Waals surface area contributed by atoms with Crippen molar-refractivity contribution in [2.45, 2.75) is 5.92 Å². The molecule has 1 N–H and O–H groups in total. The molecule has 20 heavy (non-hydrogen) atoms. The third-order valence-electron chi connectivity index (χ3n) is 3.02. The summed E-state index contributed by atoms with van der Waals surface area (Å²) in [5.41, 5.74) is 0.947. The van der Waals surface area contributed by atoms with Crippen molar-refractivity contribution in [1.82, 2.24) is 5.32 Å². The van der Waals surface area contributed by atoms with Crippen LogP contribution in [0, 0.1) is 0 Å². The molecule has 1 aliphatic rings. The van der Waals surface area contributed by atoms with Crippen LogP contribution in [0.15, 0.2) is 36.4 Å². The van der Waals surface area contributed by atoms with Gasteiger partial charge in [-0.2, -0.15) is 0 Å². The largest absolute Gasteiger partial charge is 0.295 e. The average Bonchev–Trinajstić information content (AvgIpc) is 2.97. The van der Waals surface area contributed by atoms with E-state index in [9.17, 15) is 14.4 Å². The summed E-state index contributed by atoms with van der Waals surface area (Å²) in [6.45, 7) is 0. The normalized spacial score (nSPS) is 18.4. The first-order valence-electron chi connectivity index (χ1n) is 5.81. The van der Waals surface area contributed by atoms with Gasteiger partial charge in [0, 0.05) is 14.8 Å². The van der Waals surface area contributed by atoms with Crippen LogP contribution in [0.5, 0.6) is 0 Å². The Kier molecular flexibility index (Phi) is 3.16. The maximum absolute atomic E-state index is 11.7. The van der Waals surface area contributed by atoms with E-state index in [1.165, 1.54) is 11.3 Å². The number of hydrogen-bond acceptors (Lipinski definition) is 4. The molecule has 1 fully saturated rings. The fourth-order valence-corrected chi connectivity index (χ4v) is 3.27. The minimum Gasteiger partial charge on any atom is -0.289 e. The smallest absolute Gasteiger partial charge is 0.289 e. The number of imide groups is 1. The van der Waals surface area contributed by atoms with Crippen LogP contribution in [-0.2, 0) is 14.4 Å². The van der Waals surface area contributed by atoms with E-state index in [4.69, 9.17) is 11.6 Å². The number of halogens is 1. The van der Waals surface area contributed by atoms with E-state index in [1.807, 2.05) is 23.5 Å². The number of amides is 2. The molecule has 1 saturated heterocycles. The summed E-state index contributed by atoms with van der Waals surface area (Å²) in [5.74, 6) is -3.08. The minimum atomic E-state index is -1.01. The zero-order valence-electron chi connectivity index (χ0n) is 10.1. The van der Waals surface area contributed by atoms with E-state index in [1.54, 1.807) is 18.2 Å². The molecule has 0 radical (unpaired) electrons. The second-order valence-electron chi connectivity index (χ2n) is 4.32. The molecule has 2 heterocycles. The standard InChI is InChI=1S/C14H8ClNO3S/c15-8-3-1-7(2-4-8)9-5-6-10(20-9)11-12(17)14(19)16-13(11)18/h1-6,11H,(H,16,18,19). The lowest BCUT2D eigenvalue weighted by molar-refractivity contribution is -0.135. The predicted octanol–water partition coefficient (Wildman–Crippen LogP) is 2.38. The Morgan fingerprint density at radius 1 is 1.00 bits per heavy atom. The molecule has 1 aromatic carbocycles. The number of ketones is 1. The van der Waals surface area contributed by atoms with Crippen molar-refractivity contribution in [3.05, 3.63) is 46.3 Å². The second-order valence-corrected chi connectivity index (χ2v) is 5.88. The van der Waals surface area contributed by atoms with E-state index in [2.05, 4.69) is 0 Å². The second kappa shape index (κ2) is 4.85. The number of carbonyl (C=O) groups is 3. The summed E-state index contributed by atoms with van der Waals surface area (Å²) in [5, 5.41) is 2.67. The van der Waals surface area contributed by atoms with E-state index >= 15 is 0 Å². The van der Waals surface area contributed by atoms with Crippen LogP contribution in [0.4, 0.5) is 0 Å². The molecule has 0 spiro atoms. The third kappa shape index (κ3) is 2.15. The molecule has 1 aromatic heterocycles. The van der Waals surface area contributed by atoms with Gasteiger partial charge in [0.15, 0.2) is 0 Å². The highest BCUT2D eigenvalue weighted by Gasteiger charge is 2.42. The minimum absolute atomic E-state index is 0.551. The van der Waals surface area contributed by atoms with Gasteiger partial charge in [-0.05, 0) is 29.8 Å². The number of nitrogens with one attached hydrogen (secondary N) is 1. The maximum Gasteiger partial charge on any atom is 0.295 e. The summed E-state index contributed by atoms with van der Waals surface area (Å²) in [6, 6.07) is 10.8. The highest BCUT2D eigenvalue weighted by molar-refractivity contribution is 7.16. The Bertz CT molecular complexity index is 720. The van der Waals surface area contributed by atoms with Gasteiger partial charge in [0.05, 0.1) is 0 Å². The Labute approximate surface area is 123 Å². The number of rotatable bonds is 2. The molecule has 2 aromatic rings. The topological polar surface area (TPSA) is 63.2 Å². The van der Waals surface area contributed by atoms with Crippen LogP contribution < -0.4 is 5.32 Å². The third-order valence-corrected chi connectivity index (χ3v) is 4.48. The van der Waals surface area contributed by atoms with Crippen molar-refractivity contribution in [3.8, 4) is 10.4 Å². The molecule has 6 heteroatoms. The quantitative estimate of drug-likeness (QED) is 0.526. The molecule has 2 amide bonds. The van der Waals surface area contributed by atoms with Gasteiger partial charge in [-0.1, -0.05) is 23.7 Å². The Hall–Kier alpha value is -1.98. The SMILES string of the molecule is O=C1NC(=O)C(c2ccc(-c3ccc(Cl)cc3)s2)C1=O. The first kappa shape index (κ1) is 13.0. The highest BCUT2D eigenvalue weighted by Crippen LogP contribution is 2.34. The number of benzene rings is 1. The van der Waals surface area contributed by atoms with Crippen molar-refractivity contribution in [1.29, 1.82) is 0 Å². The molecule has 1 aliphatic heterocycles. The fraction of sp³-hybridized carbons (Fsp3) is 0.0714. The molecule has 0 bridgehead atoms. The van der Waals surface area contributed by atoms with Crippen molar-refractivity contribution in [2.75, 3.05) is 0 Å². The van der Waals surface area contributed by atoms with Gasteiger partial charge in [-0.15, -0.1) is 11.3 Å². The predicted molar refractivity (Wildman–Crippen MR) is 75.7 cm³/mol. The molecule has 1 unspecified atom stereocenters. The molecule has 3 rings (SSSR count). The Morgan fingerprint density at radius 3 is 2.30 bits per heavy atom. The summed E-state index contributed by atoms with van der Waals surface area (Å²) < 4.78 is 0. The van der Waals surface area contributed by atoms with Gasteiger partial charge in [0.2, 0.25) is 11.7 Å². The van der Waals surface area contributed by atoms with Crippen LogP contribution in [-0.4, -0.2) is 17.6 Å². The zero-order valence-corrected chi connectivity index (χ0v) is 11.6. The van der Waals surface area contributed by atoms with Crippen molar-refractivity contribution in [3.63, 3.8) is 0 Å². The molecular weight excluding hydrogens is 298 g/mol. The van der Waals surface area contributed by atoms with E-state index in [0.717, 1.165) is 10.4 Å². The number of carbonyl (C=O) groups excluding carboxylic acids is 3. The molecule has 4 nitrogen and oxygen atoms in total. The average molecular weight is 306 g/mol. The maximum atomic E-state index is 11.7. The van der Waals surface area contributed by atoms with Crippen LogP contribution in [0.1, 0.15) is 10.8 Å². The van der Waals surface area contributed by atoms with Gasteiger partial charge < -0.3 is 0 Å². The van der Waals surface area contributed by atoms with Gasteiger partial charge in [0.1, 0.15) is 5.92 Å². The lowest BCUT2D eigenvalue weighted by Gasteiger charge is -2.00. The van der Waals surface area contributed by atoms with E-state index in [0.29, 0.717) is 9.90 Å². The lowest BCUT2D eigenvalue weighted by Crippen LogP contribution is -2.21. The van der Waals surface area contributed by atoms with Crippen LogP contribution in [0.2, 0.25) is 5.02 Å². The zero-order chi connectivity index (χ0) is 14.3. The van der Waals surface area contributed by atoms with Crippen molar-refractivity contribution < 1.29 is 14.4 Å². The number of Topliss-reactive ketones (excluding diaryl/α,β-unsaturated/α-hetero) is 1. The molecule has 100 valence electrons. The first-order valence-corrected chi connectivity index (χ1v) is 7.00. The Balaban J connectivity index is 1.94. The monoisotopic (exact) mass is 305 g/mol. The summed E-state index contributed by atoms with van der Waals surface area (Å²) >= 11 is 7.15. The van der Waals surface area contributed by atoms with Crippen LogP contribution in [0.3, 0.4) is 0 Å².